The topological polar surface area (TPSA) is 106 Å². The van der Waals surface area contributed by atoms with E-state index in [9.17, 15) is 14.7 Å². The lowest BCUT2D eigenvalue weighted by atomic mass is 9.83. The van der Waals surface area contributed by atoms with Crippen molar-refractivity contribution in [3.63, 3.8) is 0 Å². The summed E-state index contributed by atoms with van der Waals surface area (Å²) in [6.07, 6.45) is 2.63. The summed E-state index contributed by atoms with van der Waals surface area (Å²) in [5.41, 5.74) is 2.73. The van der Waals surface area contributed by atoms with E-state index in [-0.39, 0.29) is 48.9 Å². The van der Waals surface area contributed by atoms with E-state index in [2.05, 4.69) is 10.6 Å². The molecule has 0 aromatic heterocycles. The molecule has 35 heavy (non-hydrogen) atoms. The average Bonchev–Trinajstić information content (AvgIpc) is 3.19. The first kappa shape index (κ1) is 23.6. The van der Waals surface area contributed by atoms with Crippen molar-refractivity contribution in [2.75, 3.05) is 19.0 Å². The van der Waals surface area contributed by atoms with E-state index in [4.69, 9.17) is 14.2 Å². The minimum Gasteiger partial charge on any atom is -0.497 e. The number of rotatable bonds is 8. The fourth-order valence-electron chi connectivity index (χ4n) is 5.10. The van der Waals surface area contributed by atoms with Crippen LogP contribution in [0.5, 0.6) is 11.5 Å². The predicted molar refractivity (Wildman–Crippen MR) is 129 cm³/mol. The first-order valence-electron chi connectivity index (χ1n) is 12.3. The van der Waals surface area contributed by atoms with Crippen molar-refractivity contribution in [3.05, 3.63) is 53.6 Å². The van der Waals surface area contributed by atoms with Crippen LogP contribution < -0.4 is 20.1 Å². The molecule has 2 heterocycles. The normalized spacial score (nSPS) is 25.0. The number of hydrogen-bond acceptors (Lipinski definition) is 6. The quantitative estimate of drug-likeness (QED) is 0.536. The zero-order valence-electron chi connectivity index (χ0n) is 19.9. The van der Waals surface area contributed by atoms with Crippen LogP contribution in [0.3, 0.4) is 0 Å². The van der Waals surface area contributed by atoms with Gasteiger partial charge in [-0.15, -0.1) is 0 Å². The van der Waals surface area contributed by atoms with Gasteiger partial charge in [-0.2, -0.15) is 0 Å². The number of benzene rings is 2. The molecule has 1 aliphatic carbocycles. The zero-order chi connectivity index (χ0) is 24.4. The summed E-state index contributed by atoms with van der Waals surface area (Å²) in [7, 11) is 1.62. The first-order valence-corrected chi connectivity index (χ1v) is 12.3. The molecule has 2 aliphatic heterocycles. The highest BCUT2D eigenvalue weighted by atomic mass is 16.6. The second kappa shape index (κ2) is 10.3. The minimum absolute atomic E-state index is 0.0177. The molecule has 8 heteroatoms. The van der Waals surface area contributed by atoms with Gasteiger partial charge >= 0.3 is 0 Å². The molecule has 2 fully saturated rings. The second-order valence-corrected chi connectivity index (χ2v) is 9.60. The van der Waals surface area contributed by atoms with Gasteiger partial charge in [0.25, 0.3) is 0 Å². The summed E-state index contributed by atoms with van der Waals surface area (Å²) >= 11 is 0. The fraction of sp³-hybridized carbons (Fsp3) is 0.481. The number of amides is 2. The number of fused-ring (bicyclic) bond motifs is 3. The molecular weight excluding hydrogens is 448 g/mol. The molecule has 186 valence electrons. The van der Waals surface area contributed by atoms with E-state index in [1.165, 1.54) is 0 Å². The van der Waals surface area contributed by atoms with Crippen LogP contribution in [0.2, 0.25) is 0 Å². The highest BCUT2D eigenvalue weighted by Gasteiger charge is 2.46. The number of aliphatic hydroxyl groups is 1. The summed E-state index contributed by atoms with van der Waals surface area (Å²) in [6, 6.07) is 13.2. The Morgan fingerprint density at radius 2 is 1.94 bits per heavy atom. The third-order valence-corrected chi connectivity index (χ3v) is 7.30. The molecule has 4 atom stereocenters. The molecule has 3 N–H and O–H groups in total. The van der Waals surface area contributed by atoms with Crippen LogP contribution in [0.4, 0.5) is 5.69 Å². The summed E-state index contributed by atoms with van der Waals surface area (Å²) in [5, 5.41) is 15.9. The molecule has 5 rings (SSSR count). The lowest BCUT2D eigenvalue weighted by Crippen LogP contribution is -2.47. The summed E-state index contributed by atoms with van der Waals surface area (Å²) in [4.78, 5) is 25.1. The van der Waals surface area contributed by atoms with E-state index in [1.54, 1.807) is 7.11 Å². The van der Waals surface area contributed by atoms with Crippen molar-refractivity contribution in [2.24, 2.45) is 5.92 Å². The molecule has 2 aromatic carbocycles. The first-order chi connectivity index (χ1) is 17.0. The summed E-state index contributed by atoms with van der Waals surface area (Å²) in [5.74, 6) is 1.56. The Kier molecular flexibility index (Phi) is 6.92. The van der Waals surface area contributed by atoms with E-state index < -0.39 is 6.10 Å². The Morgan fingerprint density at radius 1 is 1.14 bits per heavy atom. The second-order valence-electron chi connectivity index (χ2n) is 9.60. The van der Waals surface area contributed by atoms with E-state index in [1.807, 2.05) is 42.5 Å². The van der Waals surface area contributed by atoms with E-state index in [0.717, 1.165) is 47.6 Å². The van der Waals surface area contributed by atoms with Gasteiger partial charge in [0.05, 0.1) is 26.2 Å². The molecule has 3 aliphatic rings. The van der Waals surface area contributed by atoms with E-state index >= 15 is 0 Å². The number of anilines is 1. The van der Waals surface area contributed by atoms with Gasteiger partial charge in [0, 0.05) is 29.6 Å². The third kappa shape index (κ3) is 5.13. The van der Waals surface area contributed by atoms with Gasteiger partial charge in [-0.05, 0) is 55.2 Å². The number of aliphatic hydroxyl groups excluding tert-OH is 1. The number of nitrogens with one attached hydrogen (secondary N) is 2. The van der Waals surface area contributed by atoms with Crippen LogP contribution in [0.1, 0.15) is 49.1 Å². The van der Waals surface area contributed by atoms with Gasteiger partial charge in [-0.3, -0.25) is 9.59 Å². The third-order valence-electron chi connectivity index (χ3n) is 7.30. The lowest BCUT2D eigenvalue weighted by Gasteiger charge is -2.37. The van der Waals surface area contributed by atoms with Crippen LogP contribution in [-0.4, -0.2) is 48.9 Å². The Hall–Kier alpha value is -3.10. The predicted octanol–water partition coefficient (Wildman–Crippen LogP) is 3.13. The molecule has 0 spiro atoms. The number of carbonyl (C=O) groups is 2. The SMILES string of the molecule is COc1ccc(CNC(=O)C[C@@H]2C[C@H]3c4cc(NC(=O)C5CCC5)ccc4O[C@H]3[C@@H](CO)O2)cc1. The highest BCUT2D eigenvalue weighted by molar-refractivity contribution is 5.93. The van der Waals surface area contributed by atoms with Crippen molar-refractivity contribution in [2.45, 2.75) is 62.9 Å². The molecule has 0 bridgehead atoms. The molecule has 1 saturated carbocycles. The van der Waals surface area contributed by atoms with Crippen LogP contribution >= 0.6 is 0 Å². The van der Waals surface area contributed by atoms with Crippen molar-refractivity contribution in [3.8, 4) is 11.5 Å². The van der Waals surface area contributed by atoms with Crippen LogP contribution in [-0.2, 0) is 20.9 Å². The van der Waals surface area contributed by atoms with Crippen molar-refractivity contribution in [1.29, 1.82) is 0 Å². The molecule has 0 unspecified atom stereocenters. The number of methoxy groups -OCH3 is 1. The van der Waals surface area contributed by atoms with Crippen molar-refractivity contribution >= 4 is 17.5 Å². The fourth-order valence-corrected chi connectivity index (χ4v) is 5.10. The maximum atomic E-state index is 12.7. The molecular formula is C27H32N2O6. The molecule has 8 nitrogen and oxygen atoms in total. The van der Waals surface area contributed by atoms with Crippen molar-refractivity contribution in [1.82, 2.24) is 5.32 Å². The molecule has 1 saturated heterocycles. The zero-order valence-corrected chi connectivity index (χ0v) is 19.9. The van der Waals surface area contributed by atoms with Gasteiger partial charge in [0.2, 0.25) is 11.8 Å². The van der Waals surface area contributed by atoms with Crippen molar-refractivity contribution < 1.29 is 28.9 Å². The molecule has 0 radical (unpaired) electrons. The number of carbonyl (C=O) groups excluding carboxylic acids is 2. The Balaban J connectivity index is 1.22. The molecule has 2 aromatic rings. The summed E-state index contributed by atoms with van der Waals surface area (Å²) < 4.78 is 17.3. The van der Waals surface area contributed by atoms with Gasteiger partial charge < -0.3 is 30.0 Å². The van der Waals surface area contributed by atoms with Gasteiger partial charge in [0.15, 0.2) is 0 Å². The van der Waals surface area contributed by atoms with Crippen LogP contribution in [0.15, 0.2) is 42.5 Å². The smallest absolute Gasteiger partial charge is 0.227 e. The van der Waals surface area contributed by atoms with Crippen LogP contribution in [0.25, 0.3) is 0 Å². The average molecular weight is 481 g/mol. The van der Waals surface area contributed by atoms with Crippen LogP contribution in [0, 0.1) is 5.92 Å². The standard InChI is InChI=1S/C27H32N2O6/c1-33-19-8-5-16(6-9-19)14-28-25(31)13-20-12-22-21-11-18(29-27(32)17-3-2-4-17)7-10-23(21)35-26(22)24(15-30)34-20/h5-11,17,20,22,24,26,30H,2-4,12-15H2,1H3,(H,28,31)(H,29,32)/t20-,22-,24+,26+/m0/s1. The monoisotopic (exact) mass is 480 g/mol. The highest BCUT2D eigenvalue weighted by Crippen LogP contribution is 2.47. The summed E-state index contributed by atoms with van der Waals surface area (Å²) in [6.45, 7) is 0.228. The van der Waals surface area contributed by atoms with E-state index in [0.29, 0.717) is 13.0 Å². The number of ether oxygens (including phenoxy) is 3. The largest absolute Gasteiger partial charge is 0.497 e. The Morgan fingerprint density at radius 3 is 2.63 bits per heavy atom. The Labute approximate surface area is 205 Å². The van der Waals surface area contributed by atoms with Gasteiger partial charge in [0.1, 0.15) is 23.7 Å². The Bertz CT molecular complexity index is 1070. The lowest BCUT2D eigenvalue weighted by molar-refractivity contribution is -0.142. The maximum absolute atomic E-state index is 12.7. The minimum atomic E-state index is -0.520. The number of hydrogen-bond donors (Lipinski definition) is 3. The molecule has 2 amide bonds. The van der Waals surface area contributed by atoms with Gasteiger partial charge in [-0.1, -0.05) is 18.6 Å². The maximum Gasteiger partial charge on any atom is 0.227 e. The van der Waals surface area contributed by atoms with Gasteiger partial charge in [-0.25, -0.2) is 0 Å².